The molecule has 0 unspecified atom stereocenters. The molecular formula is C13H18ClN. The zero-order chi connectivity index (χ0) is 10.7. The van der Waals surface area contributed by atoms with E-state index in [1.54, 1.807) is 0 Å². The average molecular weight is 224 g/mol. The molecule has 0 aliphatic heterocycles. The van der Waals surface area contributed by atoms with E-state index < -0.39 is 0 Å². The fourth-order valence-electron chi connectivity index (χ4n) is 1.73. The van der Waals surface area contributed by atoms with E-state index in [9.17, 15) is 0 Å². The van der Waals surface area contributed by atoms with Gasteiger partial charge < -0.3 is 5.32 Å². The van der Waals surface area contributed by atoms with Crippen molar-refractivity contribution >= 4 is 11.6 Å². The topological polar surface area (TPSA) is 12.0 Å². The van der Waals surface area contributed by atoms with Gasteiger partial charge >= 0.3 is 0 Å². The first-order valence-corrected chi connectivity index (χ1v) is 6.09. The van der Waals surface area contributed by atoms with Crippen LogP contribution in [0.5, 0.6) is 0 Å². The van der Waals surface area contributed by atoms with Gasteiger partial charge in [0.2, 0.25) is 0 Å². The predicted molar refractivity (Wildman–Crippen MR) is 65.2 cm³/mol. The molecule has 1 aromatic rings. The maximum Gasteiger partial charge on any atom is 0.0453 e. The number of aryl methyl sites for hydroxylation is 1. The van der Waals surface area contributed by atoms with Crippen LogP contribution >= 0.6 is 11.6 Å². The van der Waals surface area contributed by atoms with E-state index in [1.165, 1.54) is 30.4 Å². The fourth-order valence-corrected chi connectivity index (χ4v) is 2.03. The normalized spacial score (nSPS) is 15.6. The Morgan fingerprint density at radius 3 is 2.87 bits per heavy atom. The lowest BCUT2D eigenvalue weighted by Gasteiger charge is -2.07. The van der Waals surface area contributed by atoms with E-state index in [0.717, 1.165) is 24.0 Å². The molecule has 0 aromatic heterocycles. The quantitative estimate of drug-likeness (QED) is 0.753. The maximum absolute atomic E-state index is 6.14. The largest absolute Gasteiger partial charge is 0.313 e. The van der Waals surface area contributed by atoms with E-state index in [4.69, 9.17) is 11.6 Å². The van der Waals surface area contributed by atoms with Crippen LogP contribution in [0.3, 0.4) is 0 Å². The first-order valence-electron chi connectivity index (χ1n) is 5.71. The lowest BCUT2D eigenvalue weighted by molar-refractivity contribution is 0.613. The number of benzene rings is 1. The van der Waals surface area contributed by atoms with Crippen LogP contribution < -0.4 is 5.32 Å². The third kappa shape index (κ3) is 3.51. The van der Waals surface area contributed by atoms with Gasteiger partial charge in [-0.25, -0.2) is 0 Å². The second kappa shape index (κ2) is 5.00. The summed E-state index contributed by atoms with van der Waals surface area (Å²) in [7, 11) is 0. The molecule has 2 heteroatoms. The number of hydrogen-bond donors (Lipinski definition) is 1. The lowest BCUT2D eigenvalue weighted by Crippen LogP contribution is -2.15. The predicted octanol–water partition coefficient (Wildman–Crippen LogP) is 3.54. The van der Waals surface area contributed by atoms with Gasteiger partial charge in [-0.2, -0.15) is 0 Å². The van der Waals surface area contributed by atoms with Crippen LogP contribution in [0.4, 0.5) is 0 Å². The Hall–Kier alpha value is -0.530. The average Bonchev–Trinajstić information content (AvgIpc) is 2.99. The first-order chi connectivity index (χ1) is 7.25. The van der Waals surface area contributed by atoms with Crippen molar-refractivity contribution in [2.24, 2.45) is 5.92 Å². The van der Waals surface area contributed by atoms with E-state index in [1.807, 2.05) is 6.07 Å². The minimum Gasteiger partial charge on any atom is -0.313 e. The zero-order valence-corrected chi connectivity index (χ0v) is 9.98. The molecular weight excluding hydrogens is 206 g/mol. The molecule has 0 atom stereocenters. The summed E-state index contributed by atoms with van der Waals surface area (Å²) < 4.78 is 0. The Kier molecular flexibility index (Phi) is 3.66. The molecule has 0 heterocycles. The highest BCUT2D eigenvalue weighted by Crippen LogP contribution is 2.31. The third-order valence-electron chi connectivity index (χ3n) is 2.95. The van der Waals surface area contributed by atoms with Crippen LogP contribution in [0.15, 0.2) is 18.2 Å². The summed E-state index contributed by atoms with van der Waals surface area (Å²) in [6.07, 6.45) is 4.20. The molecule has 82 valence electrons. The Morgan fingerprint density at radius 1 is 1.40 bits per heavy atom. The zero-order valence-electron chi connectivity index (χ0n) is 9.22. The first kappa shape index (κ1) is 11.0. The molecule has 0 amide bonds. The minimum absolute atomic E-state index is 0.883. The van der Waals surface area contributed by atoms with Crippen LogP contribution in [0.1, 0.15) is 30.4 Å². The van der Waals surface area contributed by atoms with Gasteiger partial charge in [0.05, 0.1) is 0 Å². The molecule has 1 nitrogen and oxygen atoms in total. The molecule has 0 spiro atoms. The van der Waals surface area contributed by atoms with Gasteiger partial charge in [0.25, 0.3) is 0 Å². The smallest absolute Gasteiger partial charge is 0.0453 e. The van der Waals surface area contributed by atoms with Crippen molar-refractivity contribution in [3.8, 4) is 0 Å². The van der Waals surface area contributed by atoms with E-state index >= 15 is 0 Å². The molecule has 1 aliphatic carbocycles. The van der Waals surface area contributed by atoms with Gasteiger partial charge in [0, 0.05) is 11.6 Å². The van der Waals surface area contributed by atoms with Crippen LogP contribution in [-0.4, -0.2) is 6.54 Å². The molecule has 0 saturated heterocycles. The summed E-state index contributed by atoms with van der Waals surface area (Å²) in [4.78, 5) is 0. The Balaban J connectivity index is 1.76. The van der Waals surface area contributed by atoms with Crippen molar-refractivity contribution in [2.75, 3.05) is 6.54 Å². The van der Waals surface area contributed by atoms with Crippen molar-refractivity contribution in [3.05, 3.63) is 34.3 Å². The van der Waals surface area contributed by atoms with E-state index in [0.29, 0.717) is 0 Å². The van der Waals surface area contributed by atoms with Crippen LogP contribution in [0, 0.1) is 12.8 Å². The van der Waals surface area contributed by atoms with Gasteiger partial charge in [0.15, 0.2) is 0 Å². The fraction of sp³-hybridized carbons (Fsp3) is 0.538. The van der Waals surface area contributed by atoms with Crippen molar-refractivity contribution in [3.63, 3.8) is 0 Å². The van der Waals surface area contributed by atoms with Gasteiger partial charge in [-0.05, 0) is 43.0 Å². The highest BCUT2D eigenvalue weighted by atomic mass is 35.5. The summed E-state index contributed by atoms with van der Waals surface area (Å²) in [5.41, 5.74) is 2.43. The number of rotatable bonds is 5. The molecule has 0 bridgehead atoms. The molecule has 1 saturated carbocycles. The Bertz CT molecular complexity index is 331. The van der Waals surface area contributed by atoms with E-state index in [-0.39, 0.29) is 0 Å². The summed E-state index contributed by atoms with van der Waals surface area (Å²) in [6.45, 7) is 4.08. The highest BCUT2D eigenvalue weighted by molar-refractivity contribution is 6.31. The Labute approximate surface area is 96.8 Å². The highest BCUT2D eigenvalue weighted by Gasteiger charge is 2.19. The molecule has 1 fully saturated rings. The standard InChI is InChI=1S/C13H18ClN/c1-10-2-5-12(13(14)8-10)9-15-7-6-11-3-4-11/h2,5,8,11,15H,3-4,6-7,9H2,1H3. The molecule has 2 rings (SSSR count). The van der Waals surface area contributed by atoms with E-state index in [2.05, 4.69) is 24.4 Å². The molecule has 1 aliphatic rings. The summed E-state index contributed by atoms with van der Waals surface area (Å²) >= 11 is 6.14. The monoisotopic (exact) mass is 223 g/mol. The van der Waals surface area contributed by atoms with Crippen molar-refractivity contribution in [1.29, 1.82) is 0 Å². The minimum atomic E-state index is 0.883. The van der Waals surface area contributed by atoms with Crippen molar-refractivity contribution in [2.45, 2.75) is 32.7 Å². The molecule has 1 N–H and O–H groups in total. The number of nitrogens with one attached hydrogen (secondary N) is 1. The van der Waals surface area contributed by atoms with Gasteiger partial charge in [-0.3, -0.25) is 0 Å². The maximum atomic E-state index is 6.14. The second-order valence-electron chi connectivity index (χ2n) is 4.50. The second-order valence-corrected chi connectivity index (χ2v) is 4.91. The van der Waals surface area contributed by atoms with Gasteiger partial charge in [-0.15, -0.1) is 0 Å². The molecule has 0 radical (unpaired) electrons. The van der Waals surface area contributed by atoms with Crippen molar-refractivity contribution < 1.29 is 0 Å². The van der Waals surface area contributed by atoms with Crippen LogP contribution in [0.25, 0.3) is 0 Å². The lowest BCUT2D eigenvalue weighted by atomic mass is 10.1. The van der Waals surface area contributed by atoms with Crippen LogP contribution in [0.2, 0.25) is 5.02 Å². The molecule has 1 aromatic carbocycles. The summed E-state index contributed by atoms with van der Waals surface area (Å²) in [5, 5.41) is 4.33. The summed E-state index contributed by atoms with van der Waals surface area (Å²) in [6, 6.07) is 6.25. The number of hydrogen-bond acceptors (Lipinski definition) is 1. The molecule has 15 heavy (non-hydrogen) atoms. The number of halogens is 1. The van der Waals surface area contributed by atoms with Crippen LogP contribution in [-0.2, 0) is 6.54 Å². The van der Waals surface area contributed by atoms with Gasteiger partial charge in [-0.1, -0.05) is 36.6 Å². The van der Waals surface area contributed by atoms with Gasteiger partial charge in [0.1, 0.15) is 0 Å². The SMILES string of the molecule is Cc1ccc(CNCCC2CC2)c(Cl)c1. The van der Waals surface area contributed by atoms with Crippen molar-refractivity contribution in [1.82, 2.24) is 5.32 Å². The third-order valence-corrected chi connectivity index (χ3v) is 3.30. The summed E-state index contributed by atoms with van der Waals surface area (Å²) in [5.74, 6) is 1.01. The Morgan fingerprint density at radius 2 is 2.20 bits per heavy atom.